The van der Waals surface area contributed by atoms with Gasteiger partial charge in [0.15, 0.2) is 0 Å². The SMILES string of the molecule is Cc1ccc(NC(=O)C(C)C)cc1NC(=O)c1ccc2c(=O)n(C)c(=O)n(C)c2n1. The number of aryl methyl sites for hydroxylation is 2. The van der Waals surface area contributed by atoms with E-state index in [0.29, 0.717) is 11.4 Å². The van der Waals surface area contributed by atoms with E-state index in [1.807, 2.05) is 6.92 Å². The summed E-state index contributed by atoms with van der Waals surface area (Å²) in [6, 6.07) is 8.12. The van der Waals surface area contributed by atoms with Crippen molar-refractivity contribution in [2.45, 2.75) is 20.8 Å². The van der Waals surface area contributed by atoms with E-state index in [0.717, 1.165) is 10.1 Å². The van der Waals surface area contributed by atoms with Crippen molar-refractivity contribution in [3.8, 4) is 0 Å². The van der Waals surface area contributed by atoms with Crippen LogP contribution in [-0.2, 0) is 18.9 Å². The highest BCUT2D eigenvalue weighted by atomic mass is 16.2. The Kier molecular flexibility index (Phi) is 5.55. The average molecular weight is 409 g/mol. The maximum Gasteiger partial charge on any atom is 0.332 e. The first-order valence-corrected chi connectivity index (χ1v) is 9.39. The lowest BCUT2D eigenvalue weighted by atomic mass is 10.1. The van der Waals surface area contributed by atoms with E-state index in [1.54, 1.807) is 32.0 Å². The van der Waals surface area contributed by atoms with Gasteiger partial charge in [0.05, 0.1) is 5.39 Å². The van der Waals surface area contributed by atoms with Crippen molar-refractivity contribution < 1.29 is 9.59 Å². The fourth-order valence-corrected chi connectivity index (χ4v) is 2.89. The summed E-state index contributed by atoms with van der Waals surface area (Å²) in [6.07, 6.45) is 0. The van der Waals surface area contributed by atoms with Gasteiger partial charge < -0.3 is 10.6 Å². The van der Waals surface area contributed by atoms with Crippen LogP contribution in [0.1, 0.15) is 29.9 Å². The Bertz CT molecular complexity index is 1290. The quantitative estimate of drug-likeness (QED) is 0.682. The molecule has 30 heavy (non-hydrogen) atoms. The number of fused-ring (bicyclic) bond motifs is 1. The van der Waals surface area contributed by atoms with Crippen molar-refractivity contribution in [1.82, 2.24) is 14.1 Å². The second-order valence-electron chi connectivity index (χ2n) is 7.40. The molecule has 1 aromatic carbocycles. The number of anilines is 2. The van der Waals surface area contributed by atoms with E-state index in [1.165, 1.54) is 30.8 Å². The number of benzene rings is 1. The van der Waals surface area contributed by atoms with Crippen molar-refractivity contribution in [2.24, 2.45) is 20.0 Å². The van der Waals surface area contributed by atoms with E-state index in [9.17, 15) is 19.2 Å². The first kappa shape index (κ1) is 21.0. The van der Waals surface area contributed by atoms with Gasteiger partial charge in [0.1, 0.15) is 11.3 Å². The molecular formula is C21H23N5O4. The van der Waals surface area contributed by atoms with E-state index < -0.39 is 17.2 Å². The first-order valence-electron chi connectivity index (χ1n) is 9.39. The molecule has 9 heteroatoms. The number of carbonyl (C=O) groups is 2. The molecule has 2 amide bonds. The molecule has 0 bridgehead atoms. The van der Waals surface area contributed by atoms with Crippen LogP contribution in [0.3, 0.4) is 0 Å². The van der Waals surface area contributed by atoms with Crippen LogP contribution in [-0.4, -0.2) is 25.9 Å². The lowest BCUT2D eigenvalue weighted by molar-refractivity contribution is -0.118. The summed E-state index contributed by atoms with van der Waals surface area (Å²) < 4.78 is 2.21. The number of amides is 2. The monoisotopic (exact) mass is 409 g/mol. The van der Waals surface area contributed by atoms with Gasteiger partial charge in [-0.3, -0.25) is 23.5 Å². The second kappa shape index (κ2) is 7.94. The Morgan fingerprint density at radius 1 is 1.00 bits per heavy atom. The Hall–Kier alpha value is -3.75. The predicted molar refractivity (Wildman–Crippen MR) is 115 cm³/mol. The summed E-state index contributed by atoms with van der Waals surface area (Å²) in [5.41, 5.74) is 1.06. The second-order valence-corrected chi connectivity index (χ2v) is 7.40. The molecule has 3 aromatic rings. The van der Waals surface area contributed by atoms with Gasteiger partial charge in [0.2, 0.25) is 5.91 Å². The maximum absolute atomic E-state index is 12.8. The van der Waals surface area contributed by atoms with Crippen LogP contribution >= 0.6 is 0 Å². The zero-order chi connectivity index (χ0) is 22.2. The molecule has 2 N–H and O–H groups in total. The molecule has 0 aliphatic heterocycles. The fourth-order valence-electron chi connectivity index (χ4n) is 2.89. The Morgan fingerprint density at radius 2 is 1.70 bits per heavy atom. The fraction of sp³-hybridized carbons (Fsp3) is 0.286. The van der Waals surface area contributed by atoms with Crippen molar-refractivity contribution in [3.05, 3.63) is 62.4 Å². The van der Waals surface area contributed by atoms with Crippen LogP contribution in [0.2, 0.25) is 0 Å². The number of carbonyl (C=O) groups excluding carboxylic acids is 2. The van der Waals surface area contributed by atoms with E-state index in [2.05, 4.69) is 15.6 Å². The molecule has 0 atom stereocenters. The topological polar surface area (TPSA) is 115 Å². The predicted octanol–water partition coefficient (Wildman–Crippen LogP) is 1.79. The third-order valence-electron chi connectivity index (χ3n) is 4.81. The number of rotatable bonds is 4. The number of aromatic nitrogens is 3. The van der Waals surface area contributed by atoms with Crippen LogP contribution in [0.4, 0.5) is 11.4 Å². The molecule has 0 unspecified atom stereocenters. The molecule has 2 aromatic heterocycles. The normalized spacial score (nSPS) is 11.0. The van der Waals surface area contributed by atoms with Gasteiger partial charge >= 0.3 is 5.69 Å². The molecule has 0 aliphatic carbocycles. The summed E-state index contributed by atoms with van der Waals surface area (Å²) in [5.74, 6) is -0.805. The Balaban J connectivity index is 1.95. The average Bonchev–Trinajstić information content (AvgIpc) is 2.72. The molecule has 156 valence electrons. The first-order chi connectivity index (χ1) is 14.1. The minimum absolute atomic E-state index is 0.0572. The van der Waals surface area contributed by atoms with Gasteiger partial charge in [-0.25, -0.2) is 9.78 Å². The smallest absolute Gasteiger partial charge is 0.326 e. The largest absolute Gasteiger partial charge is 0.332 e. The van der Waals surface area contributed by atoms with E-state index in [-0.39, 0.29) is 28.6 Å². The zero-order valence-electron chi connectivity index (χ0n) is 17.4. The molecule has 0 saturated heterocycles. The molecule has 2 heterocycles. The minimum Gasteiger partial charge on any atom is -0.326 e. The number of nitrogens with one attached hydrogen (secondary N) is 2. The van der Waals surface area contributed by atoms with E-state index in [4.69, 9.17) is 0 Å². The molecular weight excluding hydrogens is 386 g/mol. The van der Waals surface area contributed by atoms with Crippen LogP contribution in [0, 0.1) is 12.8 Å². The van der Waals surface area contributed by atoms with Crippen LogP contribution in [0.15, 0.2) is 39.9 Å². The lowest BCUT2D eigenvalue weighted by Gasteiger charge is -2.13. The highest BCUT2D eigenvalue weighted by molar-refractivity contribution is 6.04. The summed E-state index contributed by atoms with van der Waals surface area (Å²) in [4.78, 5) is 53.3. The van der Waals surface area contributed by atoms with Gasteiger partial charge in [0, 0.05) is 31.4 Å². The third kappa shape index (κ3) is 3.86. The van der Waals surface area contributed by atoms with Gasteiger partial charge in [-0.2, -0.15) is 0 Å². The molecule has 0 radical (unpaired) electrons. The third-order valence-corrected chi connectivity index (χ3v) is 4.81. The molecule has 3 rings (SSSR count). The summed E-state index contributed by atoms with van der Waals surface area (Å²) in [6.45, 7) is 5.40. The summed E-state index contributed by atoms with van der Waals surface area (Å²) in [7, 11) is 2.88. The van der Waals surface area contributed by atoms with E-state index >= 15 is 0 Å². The Morgan fingerprint density at radius 3 is 2.37 bits per heavy atom. The van der Waals surface area contributed by atoms with Crippen molar-refractivity contribution >= 4 is 34.2 Å². The highest BCUT2D eigenvalue weighted by Gasteiger charge is 2.15. The number of hydrogen-bond acceptors (Lipinski definition) is 5. The summed E-state index contributed by atoms with van der Waals surface area (Å²) in [5, 5.41) is 5.80. The summed E-state index contributed by atoms with van der Waals surface area (Å²) >= 11 is 0. The molecule has 0 fully saturated rings. The minimum atomic E-state index is -0.526. The van der Waals surface area contributed by atoms with Crippen molar-refractivity contribution in [2.75, 3.05) is 10.6 Å². The van der Waals surface area contributed by atoms with Crippen molar-refractivity contribution in [3.63, 3.8) is 0 Å². The van der Waals surface area contributed by atoms with Gasteiger partial charge in [0.25, 0.3) is 11.5 Å². The van der Waals surface area contributed by atoms with Crippen molar-refractivity contribution in [1.29, 1.82) is 0 Å². The Labute approximate surface area is 172 Å². The molecule has 0 aliphatic rings. The number of pyridine rings is 1. The van der Waals surface area contributed by atoms with Gasteiger partial charge in [-0.1, -0.05) is 19.9 Å². The standard InChI is InChI=1S/C21H23N5O4/c1-11(2)18(27)22-13-7-6-12(3)16(10-13)24-19(28)15-9-8-14-17(23-15)25(4)21(30)26(5)20(14)29/h6-11H,1-5H3,(H,22,27)(H,24,28). The van der Waals surface area contributed by atoms with Crippen LogP contribution < -0.4 is 21.9 Å². The van der Waals surface area contributed by atoms with Crippen LogP contribution in [0.5, 0.6) is 0 Å². The molecule has 0 saturated carbocycles. The van der Waals surface area contributed by atoms with Crippen LogP contribution in [0.25, 0.3) is 11.0 Å². The molecule has 0 spiro atoms. The zero-order valence-corrected chi connectivity index (χ0v) is 17.4. The maximum atomic E-state index is 12.8. The van der Waals surface area contributed by atoms with Gasteiger partial charge in [-0.05, 0) is 36.8 Å². The molecule has 9 nitrogen and oxygen atoms in total. The highest BCUT2D eigenvalue weighted by Crippen LogP contribution is 2.21. The number of hydrogen-bond donors (Lipinski definition) is 2. The lowest BCUT2D eigenvalue weighted by Crippen LogP contribution is -2.37. The number of nitrogens with zero attached hydrogens (tertiary/aromatic N) is 3. The van der Waals surface area contributed by atoms with Gasteiger partial charge in [-0.15, -0.1) is 0 Å².